The van der Waals surface area contributed by atoms with Crippen LogP contribution in [0.3, 0.4) is 0 Å². The maximum atomic E-state index is 11.9. The summed E-state index contributed by atoms with van der Waals surface area (Å²) in [5.41, 5.74) is 1.23. The molecule has 0 saturated carbocycles. The van der Waals surface area contributed by atoms with Crippen molar-refractivity contribution in [2.24, 2.45) is 0 Å². The fraction of sp³-hybridized carbons (Fsp3) is 0.308. The third kappa shape index (κ3) is 3.13. The summed E-state index contributed by atoms with van der Waals surface area (Å²) < 4.78 is 5.16. The molecule has 1 N–H and O–H groups in total. The van der Waals surface area contributed by atoms with E-state index >= 15 is 0 Å². The van der Waals surface area contributed by atoms with Crippen LogP contribution in [0.5, 0.6) is 0 Å². The van der Waals surface area contributed by atoms with Crippen LogP contribution < -0.4 is 5.32 Å². The molecule has 0 radical (unpaired) electrons. The number of nitrogens with zero attached hydrogens (tertiary/aromatic N) is 1. The minimum absolute atomic E-state index is 0.0980. The lowest BCUT2D eigenvalue weighted by Gasteiger charge is -2.17. The van der Waals surface area contributed by atoms with Crippen LogP contribution in [0.1, 0.15) is 16.2 Å². The summed E-state index contributed by atoms with van der Waals surface area (Å²) in [7, 11) is 1.79. The minimum atomic E-state index is -0.0980. The zero-order valence-electron chi connectivity index (χ0n) is 10.5. The fourth-order valence-corrected chi connectivity index (χ4v) is 2.52. The number of urea groups is 1. The zero-order valence-corrected chi connectivity index (χ0v) is 11.3. The van der Waals surface area contributed by atoms with Crippen molar-refractivity contribution >= 4 is 17.4 Å². The highest BCUT2D eigenvalue weighted by Crippen LogP contribution is 2.17. The average Bonchev–Trinajstić information content (AvgIpc) is 2.99. The largest absolute Gasteiger partial charge is 0.467 e. The molecule has 0 aliphatic heterocycles. The van der Waals surface area contributed by atoms with Gasteiger partial charge in [0.25, 0.3) is 0 Å². The van der Waals surface area contributed by atoms with Crippen LogP contribution >= 0.6 is 11.3 Å². The van der Waals surface area contributed by atoms with Crippen molar-refractivity contribution < 1.29 is 9.21 Å². The van der Waals surface area contributed by atoms with Crippen molar-refractivity contribution in [1.29, 1.82) is 0 Å². The summed E-state index contributed by atoms with van der Waals surface area (Å²) >= 11 is 1.67. The molecule has 18 heavy (non-hydrogen) atoms. The third-order valence-electron chi connectivity index (χ3n) is 2.69. The van der Waals surface area contributed by atoms with Crippen molar-refractivity contribution in [3.8, 4) is 0 Å². The van der Waals surface area contributed by atoms with Gasteiger partial charge in [-0.3, -0.25) is 0 Å². The van der Waals surface area contributed by atoms with Gasteiger partial charge in [-0.25, -0.2) is 4.79 Å². The third-order valence-corrected chi connectivity index (χ3v) is 3.70. The van der Waals surface area contributed by atoms with E-state index in [1.807, 2.05) is 11.4 Å². The highest BCUT2D eigenvalue weighted by Gasteiger charge is 2.11. The first kappa shape index (κ1) is 12.7. The van der Waals surface area contributed by atoms with E-state index in [2.05, 4.69) is 18.3 Å². The summed E-state index contributed by atoms with van der Waals surface area (Å²) in [5.74, 6) is 0.754. The molecule has 2 heterocycles. The molecule has 2 rings (SSSR count). The number of aryl methyl sites for hydroxylation is 1. The molecule has 0 fully saturated rings. The Labute approximate surface area is 110 Å². The van der Waals surface area contributed by atoms with Gasteiger partial charge >= 0.3 is 6.03 Å². The van der Waals surface area contributed by atoms with Crippen LogP contribution in [-0.4, -0.2) is 18.0 Å². The van der Waals surface area contributed by atoms with Gasteiger partial charge in [-0.15, -0.1) is 11.3 Å². The van der Waals surface area contributed by atoms with Crippen LogP contribution in [0.2, 0.25) is 0 Å². The molecular formula is C13H16N2O2S. The number of amides is 2. The Morgan fingerprint density at radius 3 is 2.94 bits per heavy atom. The van der Waals surface area contributed by atoms with E-state index in [4.69, 9.17) is 4.42 Å². The SMILES string of the molecule is Cc1ccsc1CN(C)C(=O)NCc1ccco1. The lowest BCUT2D eigenvalue weighted by Crippen LogP contribution is -2.36. The molecule has 96 valence electrons. The van der Waals surface area contributed by atoms with Gasteiger partial charge in [-0.05, 0) is 36.1 Å². The Morgan fingerprint density at radius 2 is 2.33 bits per heavy atom. The molecule has 2 amide bonds. The number of furan rings is 1. The lowest BCUT2D eigenvalue weighted by atomic mass is 10.3. The van der Waals surface area contributed by atoms with Crippen LogP contribution in [0.4, 0.5) is 4.79 Å². The van der Waals surface area contributed by atoms with E-state index in [0.29, 0.717) is 13.1 Å². The number of carbonyl (C=O) groups excluding carboxylic acids is 1. The Hall–Kier alpha value is -1.75. The number of thiophene rings is 1. The molecular weight excluding hydrogens is 248 g/mol. The normalized spacial score (nSPS) is 10.3. The highest BCUT2D eigenvalue weighted by molar-refractivity contribution is 7.10. The second kappa shape index (κ2) is 5.73. The molecule has 0 aliphatic carbocycles. The van der Waals surface area contributed by atoms with Crippen LogP contribution in [0, 0.1) is 6.92 Å². The number of hydrogen-bond donors (Lipinski definition) is 1. The summed E-state index contributed by atoms with van der Waals surface area (Å²) in [6.45, 7) is 3.10. The topological polar surface area (TPSA) is 45.5 Å². The van der Waals surface area contributed by atoms with Gasteiger partial charge < -0.3 is 14.6 Å². The molecule has 0 atom stereocenters. The minimum Gasteiger partial charge on any atom is -0.467 e. The van der Waals surface area contributed by atoms with Crippen molar-refractivity contribution in [2.45, 2.75) is 20.0 Å². The first-order valence-electron chi connectivity index (χ1n) is 5.71. The van der Waals surface area contributed by atoms with Gasteiger partial charge in [0.15, 0.2) is 0 Å². The van der Waals surface area contributed by atoms with Gasteiger partial charge in [-0.1, -0.05) is 0 Å². The average molecular weight is 264 g/mol. The van der Waals surface area contributed by atoms with E-state index in [0.717, 1.165) is 5.76 Å². The predicted octanol–water partition coefficient (Wildman–Crippen LogP) is 2.99. The summed E-state index contributed by atoms with van der Waals surface area (Å²) in [6, 6.07) is 5.61. The van der Waals surface area contributed by atoms with Gasteiger partial charge in [0, 0.05) is 11.9 Å². The van der Waals surface area contributed by atoms with E-state index in [1.54, 1.807) is 35.6 Å². The zero-order chi connectivity index (χ0) is 13.0. The molecule has 0 spiro atoms. The van der Waals surface area contributed by atoms with Crippen LogP contribution in [-0.2, 0) is 13.1 Å². The molecule has 2 aromatic rings. The smallest absolute Gasteiger partial charge is 0.317 e. The second-order valence-corrected chi connectivity index (χ2v) is 5.12. The number of carbonyl (C=O) groups is 1. The first-order chi connectivity index (χ1) is 8.66. The highest BCUT2D eigenvalue weighted by atomic mass is 32.1. The quantitative estimate of drug-likeness (QED) is 0.922. The first-order valence-corrected chi connectivity index (χ1v) is 6.59. The maximum Gasteiger partial charge on any atom is 0.317 e. The van der Waals surface area contributed by atoms with Crippen molar-refractivity contribution in [1.82, 2.24) is 10.2 Å². The number of nitrogens with one attached hydrogen (secondary N) is 1. The van der Waals surface area contributed by atoms with Crippen LogP contribution in [0.15, 0.2) is 34.3 Å². The van der Waals surface area contributed by atoms with E-state index in [9.17, 15) is 4.79 Å². The van der Waals surface area contributed by atoms with E-state index in [1.165, 1.54) is 10.4 Å². The van der Waals surface area contributed by atoms with Crippen molar-refractivity contribution in [3.63, 3.8) is 0 Å². The molecule has 0 aromatic carbocycles. The molecule has 0 unspecified atom stereocenters. The lowest BCUT2D eigenvalue weighted by molar-refractivity contribution is 0.206. The number of rotatable bonds is 4. The molecule has 5 heteroatoms. The van der Waals surface area contributed by atoms with Gasteiger partial charge in [-0.2, -0.15) is 0 Å². The maximum absolute atomic E-state index is 11.9. The molecule has 0 saturated heterocycles. The fourth-order valence-electron chi connectivity index (χ4n) is 1.56. The predicted molar refractivity (Wildman–Crippen MR) is 71.5 cm³/mol. The van der Waals surface area contributed by atoms with Crippen molar-refractivity contribution in [3.05, 3.63) is 46.0 Å². The molecule has 4 nitrogen and oxygen atoms in total. The standard InChI is InChI=1S/C13H16N2O2S/c1-10-5-7-18-12(10)9-15(2)13(16)14-8-11-4-3-6-17-11/h3-7H,8-9H2,1-2H3,(H,14,16). The van der Waals surface area contributed by atoms with Crippen LogP contribution in [0.25, 0.3) is 0 Å². The molecule has 0 aliphatic rings. The van der Waals surface area contributed by atoms with E-state index < -0.39 is 0 Å². The van der Waals surface area contributed by atoms with Gasteiger partial charge in [0.05, 0.1) is 19.4 Å². The second-order valence-electron chi connectivity index (χ2n) is 4.12. The van der Waals surface area contributed by atoms with Crippen molar-refractivity contribution in [2.75, 3.05) is 7.05 Å². The van der Waals surface area contributed by atoms with Gasteiger partial charge in [0.2, 0.25) is 0 Å². The Bertz CT molecular complexity index is 505. The molecule has 2 aromatic heterocycles. The Balaban J connectivity index is 1.83. The Kier molecular flexibility index (Phi) is 4.04. The monoisotopic (exact) mass is 264 g/mol. The summed E-state index contributed by atoms with van der Waals surface area (Å²) in [4.78, 5) is 14.7. The Morgan fingerprint density at radius 1 is 1.50 bits per heavy atom. The van der Waals surface area contributed by atoms with Gasteiger partial charge in [0.1, 0.15) is 5.76 Å². The number of hydrogen-bond acceptors (Lipinski definition) is 3. The summed E-state index contributed by atoms with van der Waals surface area (Å²) in [5, 5.41) is 4.86. The molecule has 0 bridgehead atoms. The van der Waals surface area contributed by atoms with E-state index in [-0.39, 0.29) is 6.03 Å². The summed E-state index contributed by atoms with van der Waals surface area (Å²) in [6.07, 6.45) is 1.60.